The van der Waals surface area contributed by atoms with Crippen molar-refractivity contribution in [2.75, 3.05) is 18.4 Å². The third-order valence-corrected chi connectivity index (χ3v) is 5.08. The van der Waals surface area contributed by atoms with Crippen LogP contribution >= 0.6 is 11.6 Å². The molecule has 0 radical (unpaired) electrons. The number of nitrogens with one attached hydrogen (secondary N) is 1. The van der Waals surface area contributed by atoms with Crippen molar-refractivity contribution in [1.82, 2.24) is 4.90 Å². The summed E-state index contributed by atoms with van der Waals surface area (Å²) in [6.07, 6.45) is 3.52. The van der Waals surface area contributed by atoms with Gasteiger partial charge in [0.2, 0.25) is 11.8 Å². The van der Waals surface area contributed by atoms with Gasteiger partial charge in [-0.25, -0.2) is 0 Å². The van der Waals surface area contributed by atoms with Crippen LogP contribution in [0.25, 0.3) is 0 Å². The van der Waals surface area contributed by atoms with E-state index in [-0.39, 0.29) is 23.7 Å². The molecule has 2 amide bonds. The molecule has 0 unspecified atom stereocenters. The van der Waals surface area contributed by atoms with Gasteiger partial charge in [-0.15, -0.1) is 0 Å². The Balaban J connectivity index is 1.58. The Hall–Kier alpha value is -1.55. The van der Waals surface area contributed by atoms with Gasteiger partial charge in [-0.05, 0) is 56.7 Å². The number of amides is 2. The molecule has 1 N–H and O–H groups in total. The number of hydrogen-bond acceptors (Lipinski definition) is 2. The summed E-state index contributed by atoms with van der Waals surface area (Å²) in [5, 5.41) is 3.56. The summed E-state index contributed by atoms with van der Waals surface area (Å²) in [6.45, 7) is 5.31. The first-order chi connectivity index (χ1) is 11.0. The number of rotatable bonds is 3. The average molecular weight is 335 g/mol. The van der Waals surface area contributed by atoms with E-state index in [0.717, 1.165) is 36.8 Å². The lowest BCUT2D eigenvalue weighted by molar-refractivity contribution is -0.135. The van der Waals surface area contributed by atoms with E-state index in [9.17, 15) is 9.59 Å². The summed E-state index contributed by atoms with van der Waals surface area (Å²) >= 11 is 6.26. The van der Waals surface area contributed by atoms with E-state index in [0.29, 0.717) is 23.8 Å². The Kier molecular flexibility index (Phi) is 4.62. The Morgan fingerprint density at radius 3 is 2.30 bits per heavy atom. The number of piperidine rings is 1. The first kappa shape index (κ1) is 16.3. The minimum Gasteiger partial charge on any atom is -0.342 e. The van der Waals surface area contributed by atoms with Gasteiger partial charge in [0.25, 0.3) is 0 Å². The van der Waals surface area contributed by atoms with E-state index in [1.54, 1.807) is 0 Å². The van der Waals surface area contributed by atoms with E-state index in [1.165, 1.54) is 0 Å². The van der Waals surface area contributed by atoms with Crippen molar-refractivity contribution in [1.29, 1.82) is 0 Å². The van der Waals surface area contributed by atoms with Crippen LogP contribution in [0.15, 0.2) is 12.1 Å². The second-order valence-corrected chi connectivity index (χ2v) is 7.21. The lowest BCUT2D eigenvalue weighted by Gasteiger charge is -2.31. The average Bonchev–Trinajstić information content (AvgIpc) is 3.35. The SMILES string of the molecule is Cc1cc(C)c(NC(=O)C2CCN(C(=O)C3CC3)CC2)c(Cl)c1. The molecule has 2 fully saturated rings. The van der Waals surface area contributed by atoms with Crippen molar-refractivity contribution in [3.63, 3.8) is 0 Å². The van der Waals surface area contributed by atoms with Gasteiger partial charge in [0.15, 0.2) is 0 Å². The Morgan fingerprint density at radius 2 is 1.74 bits per heavy atom. The fourth-order valence-corrected chi connectivity index (χ4v) is 3.62. The second-order valence-electron chi connectivity index (χ2n) is 6.80. The zero-order chi connectivity index (χ0) is 16.6. The minimum atomic E-state index is -0.0463. The summed E-state index contributed by atoms with van der Waals surface area (Å²) in [5.41, 5.74) is 2.76. The molecule has 5 heteroatoms. The van der Waals surface area contributed by atoms with Crippen LogP contribution in [-0.4, -0.2) is 29.8 Å². The molecule has 0 aromatic heterocycles. The van der Waals surface area contributed by atoms with Crippen LogP contribution in [0.1, 0.15) is 36.8 Å². The van der Waals surface area contributed by atoms with Gasteiger partial charge in [0, 0.05) is 24.9 Å². The van der Waals surface area contributed by atoms with Crippen LogP contribution in [-0.2, 0) is 9.59 Å². The van der Waals surface area contributed by atoms with Gasteiger partial charge in [-0.3, -0.25) is 9.59 Å². The normalized spacial score (nSPS) is 18.8. The molecule has 1 aromatic rings. The fourth-order valence-electron chi connectivity index (χ4n) is 3.25. The first-order valence-electron chi connectivity index (χ1n) is 8.32. The van der Waals surface area contributed by atoms with Crippen molar-refractivity contribution in [2.24, 2.45) is 11.8 Å². The van der Waals surface area contributed by atoms with Gasteiger partial charge in [-0.1, -0.05) is 17.7 Å². The maximum atomic E-state index is 12.5. The predicted molar refractivity (Wildman–Crippen MR) is 91.6 cm³/mol. The Morgan fingerprint density at radius 1 is 1.09 bits per heavy atom. The van der Waals surface area contributed by atoms with Crippen molar-refractivity contribution in [3.05, 3.63) is 28.3 Å². The summed E-state index contributed by atoms with van der Waals surface area (Å²) < 4.78 is 0. The minimum absolute atomic E-state index is 0.0115. The zero-order valence-electron chi connectivity index (χ0n) is 13.7. The molecule has 1 aliphatic carbocycles. The lowest BCUT2D eigenvalue weighted by Crippen LogP contribution is -2.42. The summed E-state index contributed by atoms with van der Waals surface area (Å²) in [7, 11) is 0. The van der Waals surface area contributed by atoms with Crippen LogP contribution in [0.4, 0.5) is 5.69 Å². The number of anilines is 1. The van der Waals surface area contributed by atoms with Crippen molar-refractivity contribution in [2.45, 2.75) is 39.5 Å². The number of hydrogen-bond donors (Lipinski definition) is 1. The Labute approximate surface area is 142 Å². The zero-order valence-corrected chi connectivity index (χ0v) is 14.4. The molecular formula is C18H23ClN2O2. The third-order valence-electron chi connectivity index (χ3n) is 4.78. The fraction of sp³-hybridized carbons (Fsp3) is 0.556. The number of benzene rings is 1. The van der Waals surface area contributed by atoms with Crippen molar-refractivity contribution < 1.29 is 9.59 Å². The highest BCUT2D eigenvalue weighted by molar-refractivity contribution is 6.34. The molecule has 124 valence electrons. The maximum absolute atomic E-state index is 12.5. The molecule has 3 rings (SSSR count). The number of likely N-dealkylation sites (tertiary alicyclic amines) is 1. The van der Waals surface area contributed by atoms with Crippen molar-refractivity contribution in [3.8, 4) is 0 Å². The molecule has 4 nitrogen and oxygen atoms in total. The van der Waals surface area contributed by atoms with Crippen LogP contribution in [0.2, 0.25) is 5.02 Å². The van der Waals surface area contributed by atoms with E-state index in [4.69, 9.17) is 11.6 Å². The smallest absolute Gasteiger partial charge is 0.227 e. The molecule has 1 aliphatic heterocycles. The number of nitrogens with zero attached hydrogens (tertiary/aromatic N) is 1. The summed E-state index contributed by atoms with van der Waals surface area (Å²) in [6, 6.07) is 3.87. The lowest BCUT2D eigenvalue weighted by atomic mass is 9.95. The number of carbonyl (C=O) groups is 2. The van der Waals surface area contributed by atoms with Crippen LogP contribution < -0.4 is 5.32 Å². The molecule has 0 atom stereocenters. The van der Waals surface area contributed by atoms with Gasteiger partial charge in [0.1, 0.15) is 0 Å². The molecule has 0 bridgehead atoms. The number of halogens is 1. The van der Waals surface area contributed by atoms with E-state index in [2.05, 4.69) is 5.32 Å². The molecular weight excluding hydrogens is 312 g/mol. The maximum Gasteiger partial charge on any atom is 0.227 e. The largest absolute Gasteiger partial charge is 0.342 e. The highest BCUT2D eigenvalue weighted by Gasteiger charge is 2.36. The summed E-state index contributed by atoms with van der Waals surface area (Å²) in [5.74, 6) is 0.503. The quantitative estimate of drug-likeness (QED) is 0.919. The molecule has 23 heavy (non-hydrogen) atoms. The third kappa shape index (κ3) is 3.69. The van der Waals surface area contributed by atoms with Crippen molar-refractivity contribution >= 4 is 29.1 Å². The molecule has 1 heterocycles. The van der Waals surface area contributed by atoms with Gasteiger partial charge in [-0.2, -0.15) is 0 Å². The van der Waals surface area contributed by atoms with E-state index in [1.807, 2.05) is 30.9 Å². The summed E-state index contributed by atoms with van der Waals surface area (Å²) in [4.78, 5) is 26.5. The molecule has 1 saturated heterocycles. The first-order valence-corrected chi connectivity index (χ1v) is 8.70. The standard InChI is InChI=1S/C18H23ClN2O2/c1-11-9-12(2)16(15(19)10-11)20-17(22)13-5-7-21(8-6-13)18(23)14-3-4-14/h9-10,13-14H,3-8H2,1-2H3,(H,20,22). The molecule has 2 aliphatic rings. The molecule has 0 spiro atoms. The van der Waals surface area contributed by atoms with Gasteiger partial charge < -0.3 is 10.2 Å². The second kappa shape index (κ2) is 6.52. The van der Waals surface area contributed by atoms with Crippen LogP contribution in [0, 0.1) is 25.7 Å². The van der Waals surface area contributed by atoms with Gasteiger partial charge in [0.05, 0.1) is 10.7 Å². The number of carbonyl (C=O) groups excluding carboxylic acids is 2. The molecule has 1 aromatic carbocycles. The topological polar surface area (TPSA) is 49.4 Å². The molecule has 1 saturated carbocycles. The van der Waals surface area contributed by atoms with Crippen LogP contribution in [0.3, 0.4) is 0 Å². The number of aryl methyl sites for hydroxylation is 2. The Bertz CT molecular complexity index is 609. The van der Waals surface area contributed by atoms with E-state index >= 15 is 0 Å². The highest BCUT2D eigenvalue weighted by Crippen LogP contribution is 2.33. The highest BCUT2D eigenvalue weighted by atomic mass is 35.5. The van der Waals surface area contributed by atoms with E-state index < -0.39 is 0 Å². The van der Waals surface area contributed by atoms with Gasteiger partial charge >= 0.3 is 0 Å². The monoisotopic (exact) mass is 334 g/mol. The predicted octanol–water partition coefficient (Wildman–Crippen LogP) is 3.54. The van der Waals surface area contributed by atoms with Crippen LogP contribution in [0.5, 0.6) is 0 Å².